The van der Waals surface area contributed by atoms with E-state index in [1.165, 1.54) is 7.11 Å². The van der Waals surface area contributed by atoms with Crippen molar-refractivity contribution in [3.05, 3.63) is 0 Å². The van der Waals surface area contributed by atoms with Crippen molar-refractivity contribution < 1.29 is 19.0 Å². The van der Waals surface area contributed by atoms with Crippen LogP contribution in [0, 0.1) is 0 Å². The number of carbonyl (C=O) groups excluding carboxylic acids is 1. The molecule has 1 aliphatic rings. The van der Waals surface area contributed by atoms with Crippen LogP contribution in [0.5, 0.6) is 0 Å². The van der Waals surface area contributed by atoms with Gasteiger partial charge in [0.25, 0.3) is 0 Å². The Morgan fingerprint density at radius 1 is 1.56 bits per heavy atom. The Morgan fingerprint density at radius 3 is 2.94 bits per heavy atom. The van der Waals surface area contributed by atoms with E-state index in [4.69, 9.17) is 14.2 Å². The molecule has 0 aromatic rings. The molecule has 94 valence electrons. The number of hydrogen-bond acceptors (Lipinski definition) is 5. The molecule has 5 nitrogen and oxygen atoms in total. The first-order valence-electron chi connectivity index (χ1n) is 5.66. The molecule has 0 aromatic carbocycles. The lowest BCUT2D eigenvalue weighted by Gasteiger charge is -2.33. The second-order valence-corrected chi connectivity index (χ2v) is 4.07. The van der Waals surface area contributed by atoms with Crippen LogP contribution < -0.4 is 0 Å². The van der Waals surface area contributed by atoms with Gasteiger partial charge in [0.2, 0.25) is 0 Å². The molecule has 0 bridgehead atoms. The molecule has 0 aromatic heterocycles. The van der Waals surface area contributed by atoms with Gasteiger partial charge < -0.3 is 14.2 Å². The van der Waals surface area contributed by atoms with Crippen LogP contribution in [0.1, 0.15) is 13.8 Å². The van der Waals surface area contributed by atoms with Gasteiger partial charge in [0.15, 0.2) is 0 Å². The molecule has 1 aliphatic heterocycles. The third-order valence-electron chi connectivity index (χ3n) is 2.54. The number of morpholine rings is 1. The van der Waals surface area contributed by atoms with Gasteiger partial charge in [-0.15, -0.1) is 0 Å². The fraction of sp³-hybridized carbons (Fsp3) is 0.909. The molecule has 16 heavy (non-hydrogen) atoms. The lowest BCUT2D eigenvalue weighted by molar-refractivity contribution is -0.153. The first-order valence-corrected chi connectivity index (χ1v) is 5.66. The topological polar surface area (TPSA) is 48.0 Å². The summed E-state index contributed by atoms with van der Waals surface area (Å²) in [5.74, 6) is -0.232. The largest absolute Gasteiger partial charge is 0.468 e. The molecule has 0 radical (unpaired) electrons. The lowest BCUT2D eigenvalue weighted by Crippen LogP contribution is -2.51. The van der Waals surface area contributed by atoms with Gasteiger partial charge in [-0.3, -0.25) is 9.69 Å². The number of hydrogen-bond donors (Lipinski definition) is 0. The summed E-state index contributed by atoms with van der Waals surface area (Å²) in [5.41, 5.74) is 0. The highest BCUT2D eigenvalue weighted by Gasteiger charge is 2.29. The maximum atomic E-state index is 11.5. The molecule has 0 aliphatic carbocycles. The van der Waals surface area contributed by atoms with E-state index < -0.39 is 0 Å². The average Bonchev–Trinajstić information content (AvgIpc) is 2.28. The Bertz CT molecular complexity index is 220. The van der Waals surface area contributed by atoms with Crippen molar-refractivity contribution in [1.29, 1.82) is 0 Å². The van der Waals surface area contributed by atoms with Gasteiger partial charge in [-0.25, -0.2) is 0 Å². The molecule has 0 amide bonds. The predicted molar refractivity (Wildman–Crippen MR) is 59.3 cm³/mol. The van der Waals surface area contributed by atoms with E-state index in [0.29, 0.717) is 19.8 Å². The van der Waals surface area contributed by atoms with Crippen molar-refractivity contribution in [2.24, 2.45) is 0 Å². The van der Waals surface area contributed by atoms with E-state index in [1.807, 2.05) is 13.8 Å². The maximum Gasteiger partial charge on any atom is 0.325 e. The van der Waals surface area contributed by atoms with Crippen molar-refractivity contribution in [2.75, 3.05) is 40.0 Å². The second-order valence-electron chi connectivity index (χ2n) is 4.07. The normalized spacial score (nSPS) is 22.4. The predicted octanol–water partition coefficient (Wildman–Crippen LogP) is 0.285. The molecule has 1 fully saturated rings. The Hall–Kier alpha value is -0.650. The van der Waals surface area contributed by atoms with E-state index in [-0.39, 0.29) is 18.1 Å². The molecule has 1 unspecified atom stereocenters. The van der Waals surface area contributed by atoms with E-state index >= 15 is 0 Å². The molecule has 1 heterocycles. The fourth-order valence-corrected chi connectivity index (χ4v) is 1.66. The van der Waals surface area contributed by atoms with Crippen molar-refractivity contribution in [3.63, 3.8) is 0 Å². The average molecular weight is 231 g/mol. The molecule has 0 N–H and O–H groups in total. The van der Waals surface area contributed by atoms with Crippen molar-refractivity contribution >= 4 is 5.97 Å². The molecular formula is C11H21NO4. The number of methoxy groups -OCH3 is 1. The molecule has 1 rings (SSSR count). The quantitative estimate of drug-likeness (QED) is 0.636. The number of nitrogens with zero attached hydrogens (tertiary/aromatic N) is 1. The zero-order valence-corrected chi connectivity index (χ0v) is 10.3. The van der Waals surface area contributed by atoms with Crippen molar-refractivity contribution in [3.8, 4) is 0 Å². The highest BCUT2D eigenvalue weighted by Crippen LogP contribution is 2.08. The van der Waals surface area contributed by atoms with Crippen molar-refractivity contribution in [1.82, 2.24) is 4.90 Å². The van der Waals surface area contributed by atoms with Crippen LogP contribution in [0.4, 0.5) is 0 Å². The molecule has 1 atom stereocenters. The summed E-state index contributed by atoms with van der Waals surface area (Å²) in [5, 5.41) is 0. The van der Waals surface area contributed by atoms with Gasteiger partial charge in [0, 0.05) is 13.1 Å². The van der Waals surface area contributed by atoms with Crippen LogP contribution in [-0.2, 0) is 19.0 Å². The summed E-state index contributed by atoms with van der Waals surface area (Å²) in [6, 6.07) is -0.283. The summed E-state index contributed by atoms with van der Waals surface area (Å²) >= 11 is 0. The lowest BCUT2D eigenvalue weighted by atomic mass is 10.2. The number of esters is 1. The minimum absolute atomic E-state index is 0.220. The summed E-state index contributed by atoms with van der Waals surface area (Å²) in [4.78, 5) is 13.5. The molecule has 0 spiro atoms. The van der Waals surface area contributed by atoms with Crippen LogP contribution in [0.25, 0.3) is 0 Å². The van der Waals surface area contributed by atoms with Gasteiger partial charge in [0.05, 0.1) is 33.0 Å². The third kappa shape index (κ3) is 4.08. The molecule has 5 heteroatoms. The summed E-state index contributed by atoms with van der Waals surface area (Å²) in [7, 11) is 1.40. The van der Waals surface area contributed by atoms with Crippen LogP contribution in [-0.4, -0.2) is 63.0 Å². The standard InChI is InChI=1S/C11H21NO4/c1-9(2)16-7-5-12-4-6-15-8-10(12)11(13)14-3/h9-10H,4-8H2,1-3H3. The van der Waals surface area contributed by atoms with Crippen molar-refractivity contribution in [2.45, 2.75) is 26.0 Å². The zero-order chi connectivity index (χ0) is 12.0. The monoisotopic (exact) mass is 231 g/mol. The number of carbonyl (C=O) groups is 1. The minimum atomic E-state index is -0.283. The number of ether oxygens (including phenoxy) is 3. The Morgan fingerprint density at radius 2 is 2.31 bits per heavy atom. The van der Waals surface area contributed by atoms with Gasteiger partial charge in [-0.2, -0.15) is 0 Å². The zero-order valence-electron chi connectivity index (χ0n) is 10.3. The number of rotatable bonds is 5. The van der Waals surface area contributed by atoms with E-state index in [1.54, 1.807) is 0 Å². The van der Waals surface area contributed by atoms with Crippen LogP contribution >= 0.6 is 0 Å². The van der Waals surface area contributed by atoms with Gasteiger partial charge in [-0.05, 0) is 13.8 Å². The van der Waals surface area contributed by atoms with Crippen LogP contribution in [0.3, 0.4) is 0 Å². The minimum Gasteiger partial charge on any atom is -0.468 e. The highest BCUT2D eigenvalue weighted by atomic mass is 16.5. The summed E-state index contributed by atoms with van der Waals surface area (Å²) < 4.78 is 15.5. The van der Waals surface area contributed by atoms with Gasteiger partial charge in [-0.1, -0.05) is 0 Å². The Balaban J connectivity index is 2.38. The molecular weight excluding hydrogens is 210 g/mol. The smallest absolute Gasteiger partial charge is 0.325 e. The summed E-state index contributed by atoms with van der Waals surface area (Å²) in [6.07, 6.45) is 0.220. The SMILES string of the molecule is COC(=O)C1COCCN1CCOC(C)C. The maximum absolute atomic E-state index is 11.5. The van der Waals surface area contributed by atoms with Crippen LogP contribution in [0.2, 0.25) is 0 Å². The Labute approximate surface area is 96.6 Å². The van der Waals surface area contributed by atoms with E-state index in [2.05, 4.69) is 4.90 Å². The van der Waals surface area contributed by atoms with E-state index in [0.717, 1.165) is 13.1 Å². The van der Waals surface area contributed by atoms with Gasteiger partial charge >= 0.3 is 5.97 Å². The first kappa shape index (κ1) is 13.4. The van der Waals surface area contributed by atoms with Crippen LogP contribution in [0.15, 0.2) is 0 Å². The highest BCUT2D eigenvalue weighted by molar-refractivity contribution is 5.75. The molecule has 0 saturated carbocycles. The van der Waals surface area contributed by atoms with E-state index in [9.17, 15) is 4.79 Å². The van der Waals surface area contributed by atoms with Gasteiger partial charge in [0.1, 0.15) is 6.04 Å². The third-order valence-corrected chi connectivity index (χ3v) is 2.54. The molecule has 1 saturated heterocycles. The first-order chi connectivity index (χ1) is 7.65. The fourth-order valence-electron chi connectivity index (χ4n) is 1.66. The Kier molecular flexibility index (Phi) is 5.73. The second kappa shape index (κ2) is 6.83. The summed E-state index contributed by atoms with van der Waals surface area (Å²) in [6.45, 7) is 7.19.